The standard InChI is InChI=1S/C18H13FN4O/c1-10-3-4-14(9-21-10)16-17(22-11(2)23-18(16)24)12-5-6-13(8-20)15(19)7-12/h3-7,9H,1-2H3,(H,22,23,24). The zero-order valence-corrected chi connectivity index (χ0v) is 13.1. The molecule has 0 fully saturated rings. The molecule has 118 valence electrons. The first kappa shape index (κ1) is 15.6. The van der Waals surface area contributed by atoms with Gasteiger partial charge in [-0.25, -0.2) is 9.37 Å². The van der Waals surface area contributed by atoms with Crippen LogP contribution < -0.4 is 5.56 Å². The number of aromatic amines is 1. The van der Waals surface area contributed by atoms with E-state index in [-0.39, 0.29) is 11.1 Å². The van der Waals surface area contributed by atoms with E-state index in [1.165, 1.54) is 12.1 Å². The summed E-state index contributed by atoms with van der Waals surface area (Å²) in [5.74, 6) is -0.230. The summed E-state index contributed by atoms with van der Waals surface area (Å²) in [6, 6.07) is 9.50. The Labute approximate surface area is 137 Å². The second-order valence-electron chi connectivity index (χ2n) is 5.37. The summed E-state index contributed by atoms with van der Waals surface area (Å²) in [6.45, 7) is 3.50. The molecule has 0 aliphatic carbocycles. The average Bonchev–Trinajstić information content (AvgIpc) is 2.55. The number of nitrogens with one attached hydrogen (secondary N) is 1. The molecule has 5 nitrogen and oxygen atoms in total. The van der Waals surface area contributed by atoms with Crippen molar-refractivity contribution in [3.8, 4) is 28.5 Å². The molecule has 0 bridgehead atoms. The minimum atomic E-state index is -0.650. The lowest BCUT2D eigenvalue weighted by molar-refractivity contribution is 0.624. The fraction of sp³-hybridized carbons (Fsp3) is 0.111. The average molecular weight is 320 g/mol. The van der Waals surface area contributed by atoms with Crippen LogP contribution in [0.3, 0.4) is 0 Å². The molecule has 2 aromatic heterocycles. The molecule has 0 atom stereocenters. The highest BCUT2D eigenvalue weighted by atomic mass is 19.1. The van der Waals surface area contributed by atoms with Crippen molar-refractivity contribution in [1.82, 2.24) is 15.0 Å². The van der Waals surface area contributed by atoms with Gasteiger partial charge in [0.2, 0.25) is 0 Å². The van der Waals surface area contributed by atoms with Gasteiger partial charge in [-0.1, -0.05) is 12.1 Å². The number of hydrogen-bond donors (Lipinski definition) is 1. The van der Waals surface area contributed by atoms with Gasteiger partial charge in [0.15, 0.2) is 0 Å². The molecule has 3 aromatic rings. The largest absolute Gasteiger partial charge is 0.310 e. The van der Waals surface area contributed by atoms with Gasteiger partial charge in [-0.3, -0.25) is 9.78 Å². The summed E-state index contributed by atoms with van der Waals surface area (Å²) >= 11 is 0. The molecule has 0 saturated heterocycles. The molecule has 0 amide bonds. The van der Waals surface area contributed by atoms with Crippen LogP contribution >= 0.6 is 0 Å². The predicted molar refractivity (Wildman–Crippen MR) is 87.7 cm³/mol. The van der Waals surface area contributed by atoms with Gasteiger partial charge < -0.3 is 4.98 Å². The monoisotopic (exact) mass is 320 g/mol. The van der Waals surface area contributed by atoms with E-state index < -0.39 is 5.82 Å². The van der Waals surface area contributed by atoms with Crippen LogP contribution in [0.15, 0.2) is 41.3 Å². The zero-order chi connectivity index (χ0) is 17.3. The molecular formula is C18H13FN4O. The second kappa shape index (κ2) is 6.05. The van der Waals surface area contributed by atoms with Crippen molar-refractivity contribution in [2.24, 2.45) is 0 Å². The van der Waals surface area contributed by atoms with Gasteiger partial charge in [0.1, 0.15) is 17.7 Å². The molecule has 3 rings (SSSR count). The van der Waals surface area contributed by atoms with Gasteiger partial charge in [0, 0.05) is 23.0 Å². The summed E-state index contributed by atoms with van der Waals surface area (Å²) in [7, 11) is 0. The molecule has 1 aromatic carbocycles. The van der Waals surface area contributed by atoms with E-state index in [0.29, 0.717) is 28.2 Å². The van der Waals surface area contributed by atoms with Crippen molar-refractivity contribution in [2.75, 3.05) is 0 Å². The third-order valence-electron chi connectivity index (χ3n) is 3.60. The maximum Gasteiger partial charge on any atom is 0.259 e. The molecule has 2 heterocycles. The Morgan fingerprint density at radius 2 is 1.92 bits per heavy atom. The highest BCUT2D eigenvalue weighted by Crippen LogP contribution is 2.28. The van der Waals surface area contributed by atoms with Crippen LogP contribution in [0, 0.1) is 31.0 Å². The zero-order valence-electron chi connectivity index (χ0n) is 13.1. The van der Waals surface area contributed by atoms with Crippen LogP contribution in [-0.2, 0) is 0 Å². The molecule has 0 unspecified atom stereocenters. The molecule has 0 spiro atoms. The predicted octanol–water partition coefficient (Wildman–Crippen LogP) is 3.13. The number of nitrogens with zero attached hydrogens (tertiary/aromatic N) is 3. The first-order valence-corrected chi connectivity index (χ1v) is 7.23. The molecule has 0 aliphatic heterocycles. The Kier molecular flexibility index (Phi) is 3.92. The highest BCUT2D eigenvalue weighted by molar-refractivity contribution is 5.80. The van der Waals surface area contributed by atoms with Crippen LogP contribution in [0.1, 0.15) is 17.1 Å². The maximum atomic E-state index is 14.0. The van der Waals surface area contributed by atoms with Gasteiger partial charge in [0.05, 0.1) is 16.8 Å². The van der Waals surface area contributed by atoms with Crippen LogP contribution in [0.4, 0.5) is 4.39 Å². The van der Waals surface area contributed by atoms with E-state index in [0.717, 1.165) is 5.69 Å². The number of hydrogen-bond acceptors (Lipinski definition) is 4. The van der Waals surface area contributed by atoms with Crippen LogP contribution in [0.5, 0.6) is 0 Å². The van der Waals surface area contributed by atoms with E-state index in [9.17, 15) is 9.18 Å². The maximum absolute atomic E-state index is 14.0. The molecule has 6 heteroatoms. The summed E-state index contributed by atoms with van der Waals surface area (Å²) in [5.41, 5.74) is 2.13. The Morgan fingerprint density at radius 3 is 2.54 bits per heavy atom. The molecule has 24 heavy (non-hydrogen) atoms. The van der Waals surface area contributed by atoms with E-state index in [1.807, 2.05) is 6.92 Å². The molecular weight excluding hydrogens is 307 g/mol. The van der Waals surface area contributed by atoms with Crippen LogP contribution in [0.25, 0.3) is 22.4 Å². The van der Waals surface area contributed by atoms with Crippen molar-refractivity contribution >= 4 is 0 Å². The number of aromatic nitrogens is 3. The van der Waals surface area contributed by atoms with Crippen molar-refractivity contribution < 1.29 is 4.39 Å². The minimum absolute atomic E-state index is 0.0566. The first-order valence-electron chi connectivity index (χ1n) is 7.23. The lowest BCUT2D eigenvalue weighted by Gasteiger charge is -2.10. The van der Waals surface area contributed by atoms with E-state index in [4.69, 9.17) is 5.26 Å². The Morgan fingerprint density at radius 1 is 1.17 bits per heavy atom. The van der Waals surface area contributed by atoms with E-state index >= 15 is 0 Å². The molecule has 0 radical (unpaired) electrons. The smallest absolute Gasteiger partial charge is 0.259 e. The molecule has 0 saturated carbocycles. The van der Waals surface area contributed by atoms with Crippen LogP contribution in [0.2, 0.25) is 0 Å². The highest BCUT2D eigenvalue weighted by Gasteiger charge is 2.16. The minimum Gasteiger partial charge on any atom is -0.310 e. The van der Waals surface area contributed by atoms with Crippen molar-refractivity contribution in [3.05, 3.63) is 69.8 Å². The number of aryl methyl sites for hydroxylation is 2. The van der Waals surface area contributed by atoms with Gasteiger partial charge in [-0.2, -0.15) is 5.26 Å². The number of pyridine rings is 1. The van der Waals surface area contributed by atoms with Gasteiger partial charge in [0.25, 0.3) is 5.56 Å². The van der Waals surface area contributed by atoms with Gasteiger partial charge >= 0.3 is 0 Å². The Bertz CT molecular complexity index is 1020. The first-order chi connectivity index (χ1) is 11.5. The number of benzene rings is 1. The lowest BCUT2D eigenvalue weighted by atomic mass is 10.0. The summed E-state index contributed by atoms with van der Waals surface area (Å²) in [4.78, 5) is 23.7. The lowest BCUT2D eigenvalue weighted by Crippen LogP contribution is -2.14. The topological polar surface area (TPSA) is 82.4 Å². The van der Waals surface area contributed by atoms with Crippen molar-refractivity contribution in [2.45, 2.75) is 13.8 Å². The normalized spacial score (nSPS) is 10.4. The molecule has 1 N–H and O–H groups in total. The van der Waals surface area contributed by atoms with E-state index in [2.05, 4.69) is 15.0 Å². The SMILES string of the molecule is Cc1ccc(-c2c(-c3ccc(C#N)c(F)c3)nc(C)[nH]c2=O)cn1. The summed E-state index contributed by atoms with van der Waals surface area (Å²) in [5, 5.41) is 8.86. The summed E-state index contributed by atoms with van der Waals surface area (Å²) < 4.78 is 14.0. The quantitative estimate of drug-likeness (QED) is 0.786. The fourth-order valence-electron chi connectivity index (χ4n) is 2.43. The summed E-state index contributed by atoms with van der Waals surface area (Å²) in [6.07, 6.45) is 1.58. The van der Waals surface area contributed by atoms with E-state index in [1.54, 1.807) is 37.4 Å². The Hall–Kier alpha value is -3.33. The van der Waals surface area contributed by atoms with Crippen molar-refractivity contribution in [3.63, 3.8) is 0 Å². The van der Waals surface area contributed by atoms with Gasteiger partial charge in [-0.15, -0.1) is 0 Å². The number of rotatable bonds is 2. The van der Waals surface area contributed by atoms with Gasteiger partial charge in [-0.05, 0) is 32.0 Å². The number of H-pyrrole nitrogens is 1. The number of halogens is 1. The fourth-order valence-corrected chi connectivity index (χ4v) is 2.43. The molecule has 0 aliphatic rings. The second-order valence-corrected chi connectivity index (χ2v) is 5.37. The third kappa shape index (κ3) is 2.79. The van der Waals surface area contributed by atoms with Crippen LogP contribution in [-0.4, -0.2) is 15.0 Å². The number of nitriles is 1. The third-order valence-corrected chi connectivity index (χ3v) is 3.60. The van der Waals surface area contributed by atoms with Crippen molar-refractivity contribution in [1.29, 1.82) is 5.26 Å². The Balaban J connectivity index is 2.28.